The SMILES string of the molecule is CN=C(NCCNS(=O)(=O)c1ccccc1)NCCC1=CCCCC1.I. The number of rotatable bonds is 8. The van der Waals surface area contributed by atoms with Crippen LogP contribution in [0.25, 0.3) is 0 Å². The zero-order valence-corrected chi connectivity index (χ0v) is 18.3. The summed E-state index contributed by atoms with van der Waals surface area (Å²) in [4.78, 5) is 4.44. The molecule has 1 aliphatic rings. The average Bonchev–Trinajstić information content (AvgIpc) is 2.65. The third-order valence-electron chi connectivity index (χ3n) is 4.11. The van der Waals surface area contributed by atoms with Gasteiger partial charge in [0, 0.05) is 26.7 Å². The molecule has 0 aromatic heterocycles. The number of hydrogen-bond donors (Lipinski definition) is 3. The fourth-order valence-corrected chi connectivity index (χ4v) is 3.80. The van der Waals surface area contributed by atoms with E-state index in [-0.39, 0.29) is 28.9 Å². The van der Waals surface area contributed by atoms with Crippen LogP contribution in [0.5, 0.6) is 0 Å². The third kappa shape index (κ3) is 8.05. The Morgan fingerprint density at radius 2 is 1.81 bits per heavy atom. The Bertz CT molecular complexity index is 690. The average molecular weight is 492 g/mol. The monoisotopic (exact) mass is 492 g/mol. The second kappa shape index (κ2) is 12.3. The number of hydrogen-bond acceptors (Lipinski definition) is 3. The maximum absolute atomic E-state index is 12.1. The van der Waals surface area contributed by atoms with Crippen molar-refractivity contribution >= 4 is 40.0 Å². The molecule has 3 N–H and O–H groups in total. The van der Waals surface area contributed by atoms with Crippen LogP contribution in [0.2, 0.25) is 0 Å². The molecule has 0 aliphatic heterocycles. The van der Waals surface area contributed by atoms with Crippen molar-refractivity contribution in [2.75, 3.05) is 26.7 Å². The molecule has 6 nitrogen and oxygen atoms in total. The predicted molar refractivity (Wildman–Crippen MR) is 118 cm³/mol. The van der Waals surface area contributed by atoms with Crippen molar-refractivity contribution in [3.8, 4) is 0 Å². The van der Waals surface area contributed by atoms with Crippen LogP contribution in [0, 0.1) is 0 Å². The number of nitrogens with zero attached hydrogens (tertiary/aromatic N) is 1. The van der Waals surface area contributed by atoms with Crippen molar-refractivity contribution in [2.45, 2.75) is 37.0 Å². The van der Waals surface area contributed by atoms with E-state index in [1.165, 1.54) is 31.3 Å². The Hall–Kier alpha value is -1.13. The summed E-state index contributed by atoms with van der Waals surface area (Å²) in [6.45, 7) is 1.60. The van der Waals surface area contributed by atoms with E-state index in [9.17, 15) is 8.42 Å². The Morgan fingerprint density at radius 3 is 2.46 bits per heavy atom. The Balaban J connectivity index is 0.00000338. The second-order valence-corrected chi connectivity index (χ2v) is 7.76. The molecule has 0 heterocycles. The summed E-state index contributed by atoms with van der Waals surface area (Å²) in [5.41, 5.74) is 1.52. The highest BCUT2D eigenvalue weighted by Crippen LogP contribution is 2.19. The van der Waals surface area contributed by atoms with E-state index in [0.29, 0.717) is 19.0 Å². The number of guanidine groups is 1. The molecule has 146 valence electrons. The third-order valence-corrected chi connectivity index (χ3v) is 5.59. The lowest BCUT2D eigenvalue weighted by molar-refractivity contribution is 0.580. The van der Waals surface area contributed by atoms with Crippen LogP contribution in [0.3, 0.4) is 0 Å². The minimum absolute atomic E-state index is 0. The first-order valence-electron chi connectivity index (χ1n) is 8.79. The molecule has 0 atom stereocenters. The van der Waals surface area contributed by atoms with Crippen molar-refractivity contribution in [1.82, 2.24) is 15.4 Å². The molecule has 1 aromatic carbocycles. The van der Waals surface area contributed by atoms with Gasteiger partial charge in [-0.1, -0.05) is 29.8 Å². The second-order valence-electron chi connectivity index (χ2n) is 5.99. The first-order valence-corrected chi connectivity index (χ1v) is 10.3. The molecule has 0 amide bonds. The smallest absolute Gasteiger partial charge is 0.240 e. The molecule has 26 heavy (non-hydrogen) atoms. The molecule has 0 saturated heterocycles. The van der Waals surface area contributed by atoms with Crippen LogP contribution >= 0.6 is 24.0 Å². The summed E-state index contributed by atoms with van der Waals surface area (Å²) in [6, 6.07) is 8.37. The highest BCUT2D eigenvalue weighted by Gasteiger charge is 2.12. The van der Waals surface area contributed by atoms with Gasteiger partial charge < -0.3 is 10.6 Å². The summed E-state index contributed by atoms with van der Waals surface area (Å²) in [5, 5.41) is 6.39. The van der Waals surface area contributed by atoms with Gasteiger partial charge in [0.05, 0.1) is 4.90 Å². The molecular weight excluding hydrogens is 463 g/mol. The number of halogens is 1. The summed E-state index contributed by atoms with van der Waals surface area (Å²) >= 11 is 0. The summed E-state index contributed by atoms with van der Waals surface area (Å²) in [6.07, 6.45) is 8.37. The van der Waals surface area contributed by atoms with Gasteiger partial charge in [0.15, 0.2) is 5.96 Å². The van der Waals surface area contributed by atoms with Gasteiger partial charge in [0.2, 0.25) is 10.0 Å². The molecular formula is C18H29IN4O2S. The highest BCUT2D eigenvalue weighted by molar-refractivity contribution is 14.0. The molecule has 0 spiro atoms. The van der Waals surface area contributed by atoms with E-state index in [1.54, 1.807) is 37.4 Å². The lowest BCUT2D eigenvalue weighted by atomic mass is 9.97. The Labute approximate surface area is 174 Å². The van der Waals surface area contributed by atoms with Crippen LogP contribution in [0.1, 0.15) is 32.1 Å². The van der Waals surface area contributed by atoms with Gasteiger partial charge in [0.25, 0.3) is 0 Å². The predicted octanol–water partition coefficient (Wildman–Crippen LogP) is 2.64. The maximum atomic E-state index is 12.1. The largest absolute Gasteiger partial charge is 0.356 e. The van der Waals surface area contributed by atoms with Crippen LogP contribution in [-0.2, 0) is 10.0 Å². The first kappa shape index (κ1) is 22.9. The van der Waals surface area contributed by atoms with Crippen molar-refractivity contribution in [2.24, 2.45) is 4.99 Å². The number of aliphatic imine (C=N–C) groups is 1. The molecule has 0 bridgehead atoms. The molecule has 1 aliphatic carbocycles. The van der Waals surface area contributed by atoms with E-state index in [2.05, 4.69) is 26.4 Å². The van der Waals surface area contributed by atoms with E-state index < -0.39 is 10.0 Å². The van der Waals surface area contributed by atoms with Gasteiger partial charge >= 0.3 is 0 Å². The number of sulfonamides is 1. The normalized spacial score (nSPS) is 15.0. The van der Waals surface area contributed by atoms with Gasteiger partial charge in [-0.15, -0.1) is 24.0 Å². The van der Waals surface area contributed by atoms with Crippen molar-refractivity contribution in [3.63, 3.8) is 0 Å². The fraction of sp³-hybridized carbons (Fsp3) is 0.500. The van der Waals surface area contributed by atoms with E-state index in [1.807, 2.05) is 0 Å². The minimum Gasteiger partial charge on any atom is -0.356 e. The van der Waals surface area contributed by atoms with Crippen LogP contribution in [0.4, 0.5) is 0 Å². The summed E-state index contributed by atoms with van der Waals surface area (Å²) < 4.78 is 26.8. The van der Waals surface area contributed by atoms with Gasteiger partial charge in [0.1, 0.15) is 0 Å². The minimum atomic E-state index is -3.45. The number of benzene rings is 1. The first-order chi connectivity index (χ1) is 12.1. The lowest BCUT2D eigenvalue weighted by Crippen LogP contribution is -2.41. The molecule has 0 fully saturated rings. The van der Waals surface area contributed by atoms with Crippen molar-refractivity contribution < 1.29 is 8.42 Å². The Kier molecular flexibility index (Phi) is 10.8. The number of nitrogens with one attached hydrogen (secondary N) is 3. The van der Waals surface area contributed by atoms with Gasteiger partial charge in [-0.25, -0.2) is 13.1 Å². The molecule has 1 aromatic rings. The maximum Gasteiger partial charge on any atom is 0.240 e. The zero-order valence-electron chi connectivity index (χ0n) is 15.2. The quantitative estimate of drug-likeness (QED) is 0.171. The van der Waals surface area contributed by atoms with Crippen molar-refractivity contribution in [1.29, 1.82) is 0 Å². The van der Waals surface area contributed by atoms with Gasteiger partial charge in [-0.2, -0.15) is 0 Å². The standard InChI is InChI=1S/C18H28N4O2S.HI/c1-19-18(20-13-12-16-8-4-2-5-9-16)21-14-15-22-25(23,24)17-10-6-3-7-11-17;/h3,6-8,10-11,22H,2,4-5,9,12-15H2,1H3,(H2,19,20,21);1H. The molecule has 0 unspecified atom stereocenters. The zero-order chi connectivity index (χ0) is 18.0. The van der Waals surface area contributed by atoms with E-state index in [4.69, 9.17) is 0 Å². The highest BCUT2D eigenvalue weighted by atomic mass is 127. The van der Waals surface area contributed by atoms with Crippen LogP contribution in [0.15, 0.2) is 51.9 Å². The van der Waals surface area contributed by atoms with Crippen LogP contribution in [-0.4, -0.2) is 41.1 Å². The molecule has 0 saturated carbocycles. The topological polar surface area (TPSA) is 82.6 Å². The van der Waals surface area contributed by atoms with Gasteiger partial charge in [-0.05, 0) is 44.2 Å². The summed E-state index contributed by atoms with van der Waals surface area (Å²) in [7, 11) is -1.74. The van der Waals surface area contributed by atoms with Gasteiger partial charge in [-0.3, -0.25) is 4.99 Å². The molecule has 2 rings (SSSR count). The van der Waals surface area contributed by atoms with E-state index >= 15 is 0 Å². The molecule has 8 heteroatoms. The number of allylic oxidation sites excluding steroid dienone is 1. The summed E-state index contributed by atoms with van der Waals surface area (Å²) in [5.74, 6) is 0.690. The van der Waals surface area contributed by atoms with Crippen molar-refractivity contribution in [3.05, 3.63) is 42.0 Å². The fourth-order valence-electron chi connectivity index (χ4n) is 2.74. The molecule has 0 radical (unpaired) electrons. The Morgan fingerprint density at radius 1 is 1.08 bits per heavy atom. The van der Waals surface area contributed by atoms with Crippen LogP contribution < -0.4 is 15.4 Å². The van der Waals surface area contributed by atoms with E-state index in [0.717, 1.165) is 13.0 Å². The lowest BCUT2D eigenvalue weighted by Gasteiger charge is -2.15.